The highest BCUT2D eigenvalue weighted by Gasteiger charge is 2.40. The van der Waals surface area contributed by atoms with Crippen molar-refractivity contribution in [2.45, 2.75) is 17.2 Å². The molecule has 1 fully saturated rings. The average molecular weight is 385 g/mol. The molecule has 3 aliphatic heterocycles. The molecule has 0 saturated carbocycles. The van der Waals surface area contributed by atoms with Gasteiger partial charge in [0, 0.05) is 32.2 Å². The molecule has 0 aliphatic carbocycles. The standard InChI is InChI=1S/C16H18ClFN4S2/c1-8-12(17)14-11-15(13(8)18)24-23-10-7-20(3)5-6-22(10)16(11)19-9(2)21(14)4/h10H,2,5-7H2,1,3-4H3. The van der Waals surface area contributed by atoms with Crippen molar-refractivity contribution in [1.29, 1.82) is 0 Å². The summed E-state index contributed by atoms with van der Waals surface area (Å²) in [6.45, 7) is 8.51. The van der Waals surface area contributed by atoms with Gasteiger partial charge >= 0.3 is 0 Å². The Morgan fingerprint density at radius 1 is 1.33 bits per heavy atom. The second kappa shape index (κ2) is 5.83. The van der Waals surface area contributed by atoms with E-state index in [2.05, 4.69) is 23.4 Å². The highest BCUT2D eigenvalue weighted by molar-refractivity contribution is 8.77. The van der Waals surface area contributed by atoms with Crippen LogP contribution in [0, 0.1) is 12.7 Å². The molecule has 0 radical (unpaired) electrons. The van der Waals surface area contributed by atoms with Gasteiger partial charge in [-0.05, 0) is 14.0 Å². The van der Waals surface area contributed by atoms with Gasteiger partial charge in [-0.1, -0.05) is 39.8 Å². The molecule has 8 heteroatoms. The largest absolute Gasteiger partial charge is 0.341 e. The van der Waals surface area contributed by atoms with Gasteiger partial charge in [0.2, 0.25) is 0 Å². The molecule has 1 aromatic rings. The molecule has 4 rings (SSSR count). The van der Waals surface area contributed by atoms with Gasteiger partial charge in [-0.25, -0.2) is 9.38 Å². The number of fused-ring (bicyclic) bond motifs is 2. The van der Waals surface area contributed by atoms with E-state index in [9.17, 15) is 4.39 Å². The van der Waals surface area contributed by atoms with E-state index in [0.717, 1.165) is 36.7 Å². The molecule has 0 N–H and O–H groups in total. The van der Waals surface area contributed by atoms with Crippen molar-refractivity contribution in [1.82, 2.24) is 9.80 Å². The minimum absolute atomic E-state index is 0.224. The van der Waals surface area contributed by atoms with Gasteiger partial charge in [-0.15, -0.1) is 0 Å². The predicted molar refractivity (Wildman–Crippen MR) is 102 cm³/mol. The third kappa shape index (κ3) is 2.29. The smallest absolute Gasteiger partial charge is 0.142 e. The lowest BCUT2D eigenvalue weighted by Gasteiger charge is -2.41. The summed E-state index contributed by atoms with van der Waals surface area (Å²) in [7, 11) is 7.18. The van der Waals surface area contributed by atoms with Crippen molar-refractivity contribution < 1.29 is 4.39 Å². The van der Waals surface area contributed by atoms with E-state index >= 15 is 0 Å². The van der Waals surface area contributed by atoms with E-state index in [-0.39, 0.29) is 11.2 Å². The Morgan fingerprint density at radius 3 is 2.83 bits per heavy atom. The van der Waals surface area contributed by atoms with Crippen molar-refractivity contribution in [2.24, 2.45) is 4.99 Å². The van der Waals surface area contributed by atoms with E-state index in [1.54, 1.807) is 17.7 Å². The maximum atomic E-state index is 15.0. The van der Waals surface area contributed by atoms with Crippen LogP contribution in [-0.2, 0) is 0 Å². The summed E-state index contributed by atoms with van der Waals surface area (Å²) < 4.78 is 15.0. The van der Waals surface area contributed by atoms with Crippen LogP contribution in [0.5, 0.6) is 0 Å². The van der Waals surface area contributed by atoms with Gasteiger partial charge in [0.15, 0.2) is 0 Å². The Hall–Kier alpha value is -0.890. The number of rotatable bonds is 0. The second-order valence-electron chi connectivity index (χ2n) is 6.31. The van der Waals surface area contributed by atoms with E-state index in [0.29, 0.717) is 21.3 Å². The summed E-state index contributed by atoms with van der Waals surface area (Å²) >= 11 is 6.53. The van der Waals surface area contributed by atoms with Crippen LogP contribution < -0.4 is 4.90 Å². The number of amidine groups is 1. The molecule has 3 aliphatic rings. The molecule has 0 aromatic heterocycles. The monoisotopic (exact) mass is 384 g/mol. The Bertz CT molecular complexity index is 782. The third-order valence-electron chi connectivity index (χ3n) is 4.76. The van der Waals surface area contributed by atoms with Crippen molar-refractivity contribution in [3.8, 4) is 0 Å². The van der Waals surface area contributed by atoms with Gasteiger partial charge in [0.25, 0.3) is 0 Å². The topological polar surface area (TPSA) is 22.1 Å². The number of nitrogens with zero attached hydrogens (tertiary/aromatic N) is 4. The number of hydrogen-bond donors (Lipinski definition) is 0. The SMILES string of the molecule is C=C1N=C2c3c(c(F)c(C)c(Cl)c3N1C)SSC1CN(C)CCN21. The minimum atomic E-state index is -0.238. The first-order chi connectivity index (χ1) is 11.4. The zero-order valence-electron chi connectivity index (χ0n) is 13.8. The molecular weight excluding hydrogens is 367 g/mol. The number of hydrogen-bond acceptors (Lipinski definition) is 6. The fraction of sp³-hybridized carbons (Fsp3) is 0.438. The van der Waals surface area contributed by atoms with Crippen molar-refractivity contribution in [3.05, 3.63) is 34.4 Å². The second-order valence-corrected chi connectivity index (χ2v) is 9.07. The normalized spacial score (nSPS) is 23.6. The Labute approximate surface area is 154 Å². The summed E-state index contributed by atoms with van der Waals surface area (Å²) in [5.41, 5.74) is 2.10. The third-order valence-corrected chi connectivity index (χ3v) is 7.95. The molecule has 0 bridgehead atoms. The van der Waals surface area contributed by atoms with Crippen molar-refractivity contribution in [3.63, 3.8) is 0 Å². The van der Waals surface area contributed by atoms with E-state index in [4.69, 9.17) is 16.6 Å². The molecule has 1 atom stereocenters. The van der Waals surface area contributed by atoms with Crippen LogP contribution in [0.4, 0.5) is 10.1 Å². The number of likely N-dealkylation sites (N-methyl/N-ethyl adjacent to an activating group) is 1. The number of aliphatic imine (C=N–C) groups is 1. The molecule has 24 heavy (non-hydrogen) atoms. The number of halogens is 2. The lowest BCUT2D eigenvalue weighted by Crippen LogP contribution is -2.53. The number of piperazine rings is 1. The molecule has 1 saturated heterocycles. The van der Waals surface area contributed by atoms with Gasteiger partial charge in [0.1, 0.15) is 17.5 Å². The first-order valence-corrected chi connectivity index (χ1v) is 10.3. The van der Waals surface area contributed by atoms with Crippen LogP contribution in [0.25, 0.3) is 0 Å². The van der Waals surface area contributed by atoms with Crippen molar-refractivity contribution in [2.75, 3.05) is 38.6 Å². The fourth-order valence-corrected chi connectivity index (χ4v) is 6.49. The van der Waals surface area contributed by atoms with Crippen LogP contribution >= 0.6 is 33.2 Å². The van der Waals surface area contributed by atoms with Crippen LogP contribution in [-0.4, -0.2) is 54.7 Å². The maximum Gasteiger partial charge on any atom is 0.142 e. The number of anilines is 1. The summed E-state index contributed by atoms with van der Waals surface area (Å²) in [4.78, 5) is 11.8. The lowest BCUT2D eigenvalue weighted by molar-refractivity contribution is 0.199. The fourth-order valence-electron chi connectivity index (χ4n) is 3.27. The Kier molecular flexibility index (Phi) is 4.03. The summed E-state index contributed by atoms with van der Waals surface area (Å²) in [5, 5.41) is 0.669. The predicted octanol–water partition coefficient (Wildman–Crippen LogP) is 3.78. The van der Waals surface area contributed by atoms with Crippen LogP contribution in [0.2, 0.25) is 5.02 Å². The zero-order chi connectivity index (χ0) is 17.2. The summed E-state index contributed by atoms with van der Waals surface area (Å²) in [6.07, 6.45) is 0. The average Bonchev–Trinajstić information content (AvgIpc) is 2.70. The highest BCUT2D eigenvalue weighted by atomic mass is 35.5. The molecule has 128 valence electrons. The van der Waals surface area contributed by atoms with E-state index in [1.165, 1.54) is 10.8 Å². The van der Waals surface area contributed by atoms with Crippen molar-refractivity contribution >= 4 is 44.7 Å². The molecular formula is C16H18ClFN4S2. The molecule has 0 spiro atoms. The zero-order valence-corrected chi connectivity index (χ0v) is 16.2. The van der Waals surface area contributed by atoms with Crippen LogP contribution in [0.3, 0.4) is 0 Å². The summed E-state index contributed by atoms with van der Waals surface area (Å²) in [5.74, 6) is 1.20. The van der Waals surface area contributed by atoms with E-state index in [1.807, 2.05) is 11.9 Å². The first kappa shape index (κ1) is 16.6. The van der Waals surface area contributed by atoms with Gasteiger partial charge in [-0.2, -0.15) is 0 Å². The molecule has 4 nitrogen and oxygen atoms in total. The van der Waals surface area contributed by atoms with Gasteiger partial charge in [0.05, 0.1) is 26.5 Å². The maximum absolute atomic E-state index is 15.0. The first-order valence-electron chi connectivity index (χ1n) is 7.72. The molecule has 1 unspecified atom stereocenters. The molecule has 3 heterocycles. The highest BCUT2D eigenvalue weighted by Crippen LogP contribution is 2.51. The molecule has 1 aromatic carbocycles. The number of benzene rings is 1. The Morgan fingerprint density at radius 2 is 2.08 bits per heavy atom. The molecule has 0 amide bonds. The Balaban J connectivity index is 1.98. The summed E-state index contributed by atoms with van der Waals surface area (Å²) in [6, 6.07) is 0. The van der Waals surface area contributed by atoms with Crippen LogP contribution in [0.15, 0.2) is 22.3 Å². The minimum Gasteiger partial charge on any atom is -0.341 e. The lowest BCUT2D eigenvalue weighted by atomic mass is 10.0. The van der Waals surface area contributed by atoms with E-state index < -0.39 is 0 Å². The van der Waals surface area contributed by atoms with Crippen LogP contribution in [0.1, 0.15) is 11.1 Å². The van der Waals surface area contributed by atoms with Gasteiger partial charge in [-0.3, -0.25) is 0 Å². The quantitative estimate of drug-likeness (QED) is 0.633. The van der Waals surface area contributed by atoms with Gasteiger partial charge < -0.3 is 14.7 Å².